The van der Waals surface area contributed by atoms with Crippen LogP contribution in [0.4, 0.5) is 5.69 Å². The van der Waals surface area contributed by atoms with Crippen molar-refractivity contribution < 1.29 is 14.7 Å². The molecule has 1 amide bonds. The summed E-state index contributed by atoms with van der Waals surface area (Å²) in [6.07, 6.45) is 0. The van der Waals surface area contributed by atoms with Gasteiger partial charge in [0.25, 0.3) is 5.91 Å². The maximum Gasteiger partial charge on any atom is 0.335 e. The lowest BCUT2D eigenvalue weighted by molar-refractivity contribution is 0.0696. The van der Waals surface area contributed by atoms with Crippen molar-refractivity contribution in [3.63, 3.8) is 0 Å². The van der Waals surface area contributed by atoms with Gasteiger partial charge in [0.15, 0.2) is 0 Å². The fraction of sp³-hybridized carbons (Fsp3) is 0.176. The van der Waals surface area contributed by atoms with Gasteiger partial charge in [-0.05, 0) is 61.7 Å². The zero-order valence-electron chi connectivity index (χ0n) is 12.2. The van der Waals surface area contributed by atoms with E-state index in [4.69, 9.17) is 5.11 Å². The summed E-state index contributed by atoms with van der Waals surface area (Å²) in [4.78, 5) is 23.2. The monoisotopic (exact) mass is 283 g/mol. The van der Waals surface area contributed by atoms with Crippen LogP contribution >= 0.6 is 0 Å². The molecule has 0 spiro atoms. The molecule has 4 nitrogen and oxygen atoms in total. The third-order valence-corrected chi connectivity index (χ3v) is 3.57. The lowest BCUT2D eigenvalue weighted by atomic mass is 10.0. The minimum absolute atomic E-state index is 0.192. The lowest BCUT2D eigenvalue weighted by Crippen LogP contribution is -2.15. The molecule has 2 aromatic carbocycles. The number of nitrogens with one attached hydrogen (secondary N) is 1. The first-order valence-corrected chi connectivity index (χ1v) is 6.61. The first-order valence-electron chi connectivity index (χ1n) is 6.61. The lowest BCUT2D eigenvalue weighted by Gasteiger charge is -2.11. The molecular weight excluding hydrogens is 266 g/mol. The fourth-order valence-corrected chi connectivity index (χ4v) is 2.12. The number of anilines is 1. The Hall–Kier alpha value is -2.62. The largest absolute Gasteiger partial charge is 0.478 e. The Kier molecular flexibility index (Phi) is 4.08. The van der Waals surface area contributed by atoms with Crippen molar-refractivity contribution in [3.8, 4) is 0 Å². The number of benzene rings is 2. The summed E-state index contributed by atoms with van der Waals surface area (Å²) in [6.45, 7) is 5.63. The molecule has 2 rings (SSSR count). The molecule has 0 fully saturated rings. The molecule has 2 aromatic rings. The summed E-state index contributed by atoms with van der Waals surface area (Å²) < 4.78 is 0. The zero-order valence-corrected chi connectivity index (χ0v) is 12.2. The topological polar surface area (TPSA) is 66.4 Å². The standard InChI is InChI=1S/C17H17NO3/c1-10-5-4-6-14(12(10)3)16(19)18-15-8-7-13(17(20)21)9-11(15)2/h4-9H,1-3H3,(H,18,19)(H,20,21). The number of carbonyl (C=O) groups excluding carboxylic acids is 1. The Bertz CT molecular complexity index is 720. The van der Waals surface area contributed by atoms with Crippen molar-refractivity contribution in [2.24, 2.45) is 0 Å². The molecule has 108 valence electrons. The summed E-state index contributed by atoms with van der Waals surface area (Å²) in [5.74, 6) is -1.17. The summed E-state index contributed by atoms with van der Waals surface area (Å²) in [5.41, 5.74) is 4.16. The maximum absolute atomic E-state index is 12.3. The molecule has 0 bridgehead atoms. The van der Waals surface area contributed by atoms with Gasteiger partial charge in [-0.1, -0.05) is 12.1 Å². The van der Waals surface area contributed by atoms with Crippen LogP contribution in [-0.4, -0.2) is 17.0 Å². The summed E-state index contributed by atoms with van der Waals surface area (Å²) >= 11 is 0. The van der Waals surface area contributed by atoms with Crippen molar-refractivity contribution in [3.05, 3.63) is 64.2 Å². The van der Waals surface area contributed by atoms with Gasteiger partial charge in [0, 0.05) is 11.3 Å². The number of amides is 1. The molecule has 0 saturated heterocycles. The summed E-state index contributed by atoms with van der Waals surface area (Å²) in [7, 11) is 0. The first kappa shape index (κ1) is 14.8. The third kappa shape index (κ3) is 3.11. The van der Waals surface area contributed by atoms with E-state index in [9.17, 15) is 9.59 Å². The second-order valence-electron chi connectivity index (χ2n) is 5.04. The molecule has 0 aliphatic heterocycles. The van der Waals surface area contributed by atoms with E-state index >= 15 is 0 Å². The molecule has 4 heteroatoms. The van der Waals surface area contributed by atoms with E-state index in [-0.39, 0.29) is 11.5 Å². The van der Waals surface area contributed by atoms with Gasteiger partial charge in [-0.25, -0.2) is 4.79 Å². The smallest absolute Gasteiger partial charge is 0.335 e. The average Bonchev–Trinajstić information content (AvgIpc) is 2.43. The molecule has 2 N–H and O–H groups in total. The predicted molar refractivity (Wildman–Crippen MR) is 82.0 cm³/mol. The number of carboxylic acid groups (broad SMARTS) is 1. The van der Waals surface area contributed by atoms with Crippen LogP contribution in [0, 0.1) is 20.8 Å². The Morgan fingerprint density at radius 1 is 1.00 bits per heavy atom. The number of hydrogen-bond acceptors (Lipinski definition) is 2. The van der Waals surface area contributed by atoms with Crippen LogP contribution in [0.3, 0.4) is 0 Å². The molecule has 0 saturated carbocycles. The quantitative estimate of drug-likeness (QED) is 0.905. The van der Waals surface area contributed by atoms with Gasteiger partial charge in [-0.2, -0.15) is 0 Å². The van der Waals surface area contributed by atoms with Gasteiger partial charge >= 0.3 is 5.97 Å². The molecule has 0 unspecified atom stereocenters. The van der Waals surface area contributed by atoms with E-state index < -0.39 is 5.97 Å². The van der Waals surface area contributed by atoms with Gasteiger partial charge in [0.05, 0.1) is 5.56 Å². The molecule has 0 radical (unpaired) electrons. The number of hydrogen-bond donors (Lipinski definition) is 2. The summed E-state index contributed by atoms with van der Waals surface area (Å²) in [6, 6.07) is 10.2. The van der Waals surface area contributed by atoms with Gasteiger partial charge in [-0.3, -0.25) is 4.79 Å². The van der Waals surface area contributed by atoms with Crippen molar-refractivity contribution in [2.75, 3.05) is 5.32 Å². The van der Waals surface area contributed by atoms with E-state index in [0.29, 0.717) is 16.8 Å². The normalized spacial score (nSPS) is 10.2. The minimum atomic E-state index is -0.981. The summed E-state index contributed by atoms with van der Waals surface area (Å²) in [5, 5.41) is 11.8. The number of carboxylic acids is 1. The molecule has 0 aliphatic carbocycles. The van der Waals surface area contributed by atoms with E-state index in [1.807, 2.05) is 26.0 Å². The van der Waals surface area contributed by atoms with Gasteiger partial charge in [0.1, 0.15) is 0 Å². The van der Waals surface area contributed by atoms with Crippen LogP contribution in [0.1, 0.15) is 37.4 Å². The SMILES string of the molecule is Cc1cc(C(=O)O)ccc1NC(=O)c1cccc(C)c1C. The highest BCUT2D eigenvalue weighted by atomic mass is 16.4. The minimum Gasteiger partial charge on any atom is -0.478 e. The molecular formula is C17H17NO3. The Morgan fingerprint density at radius 2 is 1.71 bits per heavy atom. The van der Waals surface area contributed by atoms with Crippen molar-refractivity contribution >= 4 is 17.6 Å². The first-order chi connectivity index (χ1) is 9.90. The fourth-order valence-electron chi connectivity index (χ4n) is 2.12. The average molecular weight is 283 g/mol. The van der Waals surface area contributed by atoms with E-state index in [1.54, 1.807) is 25.1 Å². The molecule has 0 heterocycles. The highest BCUT2D eigenvalue weighted by Gasteiger charge is 2.12. The van der Waals surface area contributed by atoms with Crippen molar-refractivity contribution in [2.45, 2.75) is 20.8 Å². The van der Waals surface area contributed by atoms with E-state index in [0.717, 1.165) is 11.1 Å². The van der Waals surface area contributed by atoms with Crippen LogP contribution in [-0.2, 0) is 0 Å². The van der Waals surface area contributed by atoms with Gasteiger partial charge in [0.2, 0.25) is 0 Å². The molecule has 0 aliphatic rings. The number of aromatic carboxylic acids is 1. The van der Waals surface area contributed by atoms with Crippen LogP contribution in [0.2, 0.25) is 0 Å². The van der Waals surface area contributed by atoms with Crippen LogP contribution < -0.4 is 5.32 Å². The number of aryl methyl sites for hydroxylation is 2. The molecule has 0 aromatic heterocycles. The third-order valence-electron chi connectivity index (χ3n) is 3.57. The zero-order chi connectivity index (χ0) is 15.6. The van der Waals surface area contributed by atoms with Crippen LogP contribution in [0.15, 0.2) is 36.4 Å². The van der Waals surface area contributed by atoms with E-state index in [1.165, 1.54) is 6.07 Å². The van der Waals surface area contributed by atoms with Crippen molar-refractivity contribution in [1.82, 2.24) is 0 Å². The van der Waals surface area contributed by atoms with Crippen LogP contribution in [0.25, 0.3) is 0 Å². The predicted octanol–water partition coefficient (Wildman–Crippen LogP) is 3.56. The molecule has 21 heavy (non-hydrogen) atoms. The molecule has 0 atom stereocenters. The Balaban J connectivity index is 2.28. The van der Waals surface area contributed by atoms with Crippen molar-refractivity contribution in [1.29, 1.82) is 0 Å². The maximum atomic E-state index is 12.3. The highest BCUT2D eigenvalue weighted by Crippen LogP contribution is 2.19. The number of carbonyl (C=O) groups is 2. The van der Waals surface area contributed by atoms with Crippen LogP contribution in [0.5, 0.6) is 0 Å². The van der Waals surface area contributed by atoms with Gasteiger partial charge < -0.3 is 10.4 Å². The highest BCUT2D eigenvalue weighted by molar-refractivity contribution is 6.06. The number of rotatable bonds is 3. The second-order valence-corrected chi connectivity index (χ2v) is 5.04. The van der Waals surface area contributed by atoms with E-state index in [2.05, 4.69) is 5.32 Å². The van der Waals surface area contributed by atoms with Gasteiger partial charge in [-0.15, -0.1) is 0 Å². The second kappa shape index (κ2) is 5.79. The Morgan fingerprint density at radius 3 is 2.33 bits per heavy atom. The Labute approximate surface area is 123 Å².